The normalized spacial score (nSPS) is 12.0. The van der Waals surface area contributed by atoms with Gasteiger partial charge >= 0.3 is 12.0 Å². The number of hydrogen-bond donors (Lipinski definition) is 3. The Labute approximate surface area is 127 Å². The molecule has 0 spiro atoms. The van der Waals surface area contributed by atoms with E-state index in [4.69, 9.17) is 16.7 Å². The minimum absolute atomic E-state index is 0.0297. The van der Waals surface area contributed by atoms with Crippen molar-refractivity contribution >= 4 is 23.6 Å². The van der Waals surface area contributed by atoms with Crippen molar-refractivity contribution in [2.45, 2.75) is 32.9 Å². The third-order valence-corrected chi connectivity index (χ3v) is 3.04. The van der Waals surface area contributed by atoms with Crippen LogP contribution in [0.2, 0.25) is 5.02 Å². The van der Waals surface area contributed by atoms with Crippen molar-refractivity contribution in [1.82, 2.24) is 10.6 Å². The van der Waals surface area contributed by atoms with Crippen LogP contribution >= 0.6 is 11.6 Å². The van der Waals surface area contributed by atoms with Crippen molar-refractivity contribution in [2.24, 2.45) is 5.92 Å². The zero-order valence-electron chi connectivity index (χ0n) is 11.8. The number of rotatable bonds is 6. The zero-order valence-corrected chi connectivity index (χ0v) is 12.6. The first-order chi connectivity index (χ1) is 9.79. The lowest BCUT2D eigenvalue weighted by Gasteiger charge is -2.17. The molecule has 0 radical (unpaired) electrons. The number of carbonyl (C=O) groups excluding carboxylic acids is 1. The Morgan fingerprint density at radius 3 is 2.57 bits per heavy atom. The van der Waals surface area contributed by atoms with Gasteiger partial charge in [-0.25, -0.2) is 14.0 Å². The van der Waals surface area contributed by atoms with Gasteiger partial charge in [-0.05, 0) is 30.0 Å². The maximum absolute atomic E-state index is 13.0. The van der Waals surface area contributed by atoms with E-state index < -0.39 is 23.9 Å². The van der Waals surface area contributed by atoms with Crippen molar-refractivity contribution < 1.29 is 19.1 Å². The molecule has 0 aliphatic carbocycles. The number of amides is 2. The smallest absolute Gasteiger partial charge is 0.326 e. The molecule has 2 amide bonds. The standard InChI is InChI=1S/C14H18ClFN2O3/c1-8(2)5-12(13(19)20)18-14(21)17-7-9-3-4-11(16)10(15)6-9/h3-4,6,8,12H,5,7H2,1-2H3,(H,19,20)(H2,17,18,21). The summed E-state index contributed by atoms with van der Waals surface area (Å²) < 4.78 is 13.0. The molecule has 1 rings (SSSR count). The summed E-state index contributed by atoms with van der Waals surface area (Å²) in [6, 6.07) is 2.56. The van der Waals surface area contributed by atoms with E-state index in [-0.39, 0.29) is 17.5 Å². The number of nitrogens with one attached hydrogen (secondary N) is 2. The average molecular weight is 317 g/mol. The van der Waals surface area contributed by atoms with Crippen molar-refractivity contribution in [3.8, 4) is 0 Å². The molecule has 7 heteroatoms. The van der Waals surface area contributed by atoms with Crippen LogP contribution in [0.5, 0.6) is 0 Å². The number of halogens is 2. The highest BCUT2D eigenvalue weighted by Crippen LogP contribution is 2.15. The molecule has 116 valence electrons. The van der Waals surface area contributed by atoms with Gasteiger partial charge in [0.15, 0.2) is 0 Å². The lowest BCUT2D eigenvalue weighted by molar-refractivity contribution is -0.139. The van der Waals surface area contributed by atoms with E-state index in [1.165, 1.54) is 18.2 Å². The van der Waals surface area contributed by atoms with Crippen LogP contribution in [0.25, 0.3) is 0 Å². The largest absolute Gasteiger partial charge is 0.480 e. The molecule has 0 aliphatic heterocycles. The van der Waals surface area contributed by atoms with Crippen molar-refractivity contribution in [3.05, 3.63) is 34.6 Å². The molecule has 21 heavy (non-hydrogen) atoms. The average Bonchev–Trinajstić information content (AvgIpc) is 2.38. The van der Waals surface area contributed by atoms with Crippen LogP contribution in [0.3, 0.4) is 0 Å². The number of urea groups is 1. The van der Waals surface area contributed by atoms with Gasteiger partial charge in [-0.2, -0.15) is 0 Å². The molecule has 0 bridgehead atoms. The number of carbonyl (C=O) groups is 2. The summed E-state index contributed by atoms with van der Waals surface area (Å²) in [5.74, 6) is -1.47. The molecule has 1 aromatic rings. The fraction of sp³-hybridized carbons (Fsp3) is 0.429. The number of aliphatic carboxylic acids is 1. The van der Waals surface area contributed by atoms with Crippen LogP contribution in [-0.2, 0) is 11.3 Å². The first-order valence-electron chi connectivity index (χ1n) is 6.50. The van der Waals surface area contributed by atoms with Crippen LogP contribution in [-0.4, -0.2) is 23.1 Å². The van der Waals surface area contributed by atoms with Gasteiger partial charge in [0.2, 0.25) is 0 Å². The summed E-state index contributed by atoms with van der Waals surface area (Å²) >= 11 is 5.63. The van der Waals surface area contributed by atoms with E-state index in [1.807, 2.05) is 13.8 Å². The second-order valence-electron chi connectivity index (χ2n) is 5.10. The second kappa shape index (κ2) is 7.83. The zero-order chi connectivity index (χ0) is 16.0. The molecule has 0 aliphatic rings. The van der Waals surface area contributed by atoms with E-state index in [0.717, 1.165) is 0 Å². The first kappa shape index (κ1) is 17.2. The molecule has 1 unspecified atom stereocenters. The predicted octanol–water partition coefficient (Wildman–Crippen LogP) is 2.78. The number of hydrogen-bond acceptors (Lipinski definition) is 2. The van der Waals surface area contributed by atoms with Gasteiger partial charge in [0.25, 0.3) is 0 Å². The Kier molecular flexibility index (Phi) is 6.42. The van der Waals surface area contributed by atoms with Crippen molar-refractivity contribution in [1.29, 1.82) is 0 Å². The van der Waals surface area contributed by atoms with E-state index in [2.05, 4.69) is 10.6 Å². The fourth-order valence-electron chi connectivity index (χ4n) is 1.73. The number of benzene rings is 1. The van der Waals surface area contributed by atoms with E-state index >= 15 is 0 Å². The maximum atomic E-state index is 13.0. The van der Waals surface area contributed by atoms with E-state index in [0.29, 0.717) is 12.0 Å². The first-order valence-corrected chi connectivity index (χ1v) is 6.88. The Hall–Kier alpha value is -1.82. The molecule has 0 aromatic heterocycles. The summed E-state index contributed by atoms with van der Waals surface area (Å²) in [6.07, 6.45) is 0.338. The van der Waals surface area contributed by atoms with Gasteiger partial charge in [0.05, 0.1) is 5.02 Å². The molecule has 1 atom stereocenters. The molecule has 1 aromatic carbocycles. The summed E-state index contributed by atoms with van der Waals surface area (Å²) in [5.41, 5.74) is 0.618. The molecule has 5 nitrogen and oxygen atoms in total. The Morgan fingerprint density at radius 1 is 1.38 bits per heavy atom. The minimum atomic E-state index is -1.08. The van der Waals surface area contributed by atoms with Crippen molar-refractivity contribution in [2.75, 3.05) is 0 Å². The van der Waals surface area contributed by atoms with Crippen LogP contribution in [0.4, 0.5) is 9.18 Å². The molecule has 0 saturated heterocycles. The van der Waals surface area contributed by atoms with Gasteiger partial charge < -0.3 is 15.7 Å². The van der Waals surface area contributed by atoms with Crippen LogP contribution in [0.15, 0.2) is 18.2 Å². The Bertz CT molecular complexity index is 523. The van der Waals surface area contributed by atoms with Gasteiger partial charge in [-0.15, -0.1) is 0 Å². The number of carboxylic acid groups (broad SMARTS) is 1. The monoisotopic (exact) mass is 316 g/mol. The van der Waals surface area contributed by atoms with Gasteiger partial charge in [0, 0.05) is 6.54 Å². The molecular formula is C14H18ClFN2O3. The molecule has 0 heterocycles. The highest BCUT2D eigenvalue weighted by Gasteiger charge is 2.20. The molecule has 0 fully saturated rings. The highest BCUT2D eigenvalue weighted by molar-refractivity contribution is 6.30. The van der Waals surface area contributed by atoms with Crippen LogP contribution < -0.4 is 10.6 Å². The highest BCUT2D eigenvalue weighted by atomic mass is 35.5. The third kappa shape index (κ3) is 5.99. The summed E-state index contributed by atoms with van der Waals surface area (Å²) in [5, 5.41) is 13.9. The Balaban J connectivity index is 2.52. The molecule has 0 saturated carbocycles. The van der Waals surface area contributed by atoms with Crippen LogP contribution in [0, 0.1) is 11.7 Å². The predicted molar refractivity (Wildman–Crippen MR) is 77.7 cm³/mol. The second-order valence-corrected chi connectivity index (χ2v) is 5.50. The Morgan fingerprint density at radius 2 is 2.05 bits per heavy atom. The summed E-state index contributed by atoms with van der Waals surface area (Å²) in [7, 11) is 0. The van der Waals surface area contributed by atoms with Gasteiger partial charge in [-0.3, -0.25) is 0 Å². The minimum Gasteiger partial charge on any atom is -0.480 e. The summed E-state index contributed by atoms with van der Waals surface area (Å²) in [6.45, 7) is 3.87. The number of carboxylic acids is 1. The van der Waals surface area contributed by atoms with Gasteiger partial charge in [0.1, 0.15) is 11.9 Å². The third-order valence-electron chi connectivity index (χ3n) is 2.75. The fourth-order valence-corrected chi connectivity index (χ4v) is 1.94. The van der Waals surface area contributed by atoms with E-state index in [1.54, 1.807) is 0 Å². The molecule has 3 N–H and O–H groups in total. The summed E-state index contributed by atoms with van der Waals surface area (Å²) in [4.78, 5) is 22.7. The lowest BCUT2D eigenvalue weighted by Crippen LogP contribution is -2.46. The van der Waals surface area contributed by atoms with Gasteiger partial charge in [-0.1, -0.05) is 31.5 Å². The maximum Gasteiger partial charge on any atom is 0.326 e. The quantitative estimate of drug-likeness (QED) is 0.755. The topological polar surface area (TPSA) is 78.4 Å². The van der Waals surface area contributed by atoms with Crippen molar-refractivity contribution in [3.63, 3.8) is 0 Å². The SMILES string of the molecule is CC(C)CC(NC(=O)NCc1ccc(F)c(Cl)c1)C(=O)O. The van der Waals surface area contributed by atoms with E-state index in [9.17, 15) is 14.0 Å². The van der Waals surface area contributed by atoms with Crippen LogP contribution in [0.1, 0.15) is 25.8 Å². The lowest BCUT2D eigenvalue weighted by atomic mass is 10.0. The molecular weight excluding hydrogens is 299 g/mol.